The lowest BCUT2D eigenvalue weighted by molar-refractivity contribution is 0.0980. The van der Waals surface area contributed by atoms with E-state index >= 15 is 0 Å². The summed E-state index contributed by atoms with van der Waals surface area (Å²) in [5.41, 5.74) is 1.94. The van der Waals surface area contributed by atoms with Crippen LogP contribution >= 0.6 is 31.9 Å². The lowest BCUT2D eigenvalue weighted by Crippen LogP contribution is -1.99. The first-order valence-electron chi connectivity index (χ1n) is 5.00. The summed E-state index contributed by atoms with van der Waals surface area (Å²) in [5.74, 6) is 0.242. The van der Waals surface area contributed by atoms with Crippen molar-refractivity contribution in [2.75, 3.05) is 5.33 Å². The lowest BCUT2D eigenvalue weighted by atomic mass is 10.0. The first kappa shape index (κ1) is 12.9. The van der Waals surface area contributed by atoms with E-state index < -0.39 is 0 Å². The van der Waals surface area contributed by atoms with Crippen LogP contribution < -0.4 is 0 Å². The van der Waals surface area contributed by atoms with E-state index in [1.54, 1.807) is 0 Å². The topological polar surface area (TPSA) is 17.1 Å². The third-order valence-electron chi connectivity index (χ3n) is 2.27. The van der Waals surface area contributed by atoms with Gasteiger partial charge in [-0.05, 0) is 37.5 Å². The first-order valence-corrected chi connectivity index (χ1v) is 6.92. The van der Waals surface area contributed by atoms with Gasteiger partial charge in [0.25, 0.3) is 0 Å². The fourth-order valence-corrected chi connectivity index (χ4v) is 1.99. The summed E-state index contributed by atoms with van der Waals surface area (Å²) < 4.78 is 1.06. The summed E-state index contributed by atoms with van der Waals surface area (Å²) in [6, 6.07) is 5.77. The van der Waals surface area contributed by atoms with Crippen LogP contribution in [-0.4, -0.2) is 11.1 Å². The summed E-state index contributed by atoms with van der Waals surface area (Å²) in [4.78, 5) is 11.8. The van der Waals surface area contributed by atoms with Crippen LogP contribution in [0.3, 0.4) is 0 Å². The van der Waals surface area contributed by atoms with E-state index in [0.29, 0.717) is 6.42 Å². The molecule has 0 atom stereocenters. The highest BCUT2D eigenvalue weighted by atomic mass is 79.9. The number of hydrogen-bond donors (Lipinski definition) is 0. The van der Waals surface area contributed by atoms with Crippen LogP contribution in [0.25, 0.3) is 0 Å². The highest BCUT2D eigenvalue weighted by Crippen LogP contribution is 2.18. The zero-order chi connectivity index (χ0) is 11.3. The molecule has 0 aromatic heterocycles. The predicted molar refractivity (Wildman–Crippen MR) is 70.9 cm³/mol. The van der Waals surface area contributed by atoms with Crippen LogP contribution in [0.5, 0.6) is 0 Å². The van der Waals surface area contributed by atoms with E-state index in [0.717, 1.165) is 33.8 Å². The van der Waals surface area contributed by atoms with Crippen LogP contribution in [0, 0.1) is 6.92 Å². The Morgan fingerprint density at radius 3 is 2.67 bits per heavy atom. The quantitative estimate of drug-likeness (QED) is 0.440. The van der Waals surface area contributed by atoms with Crippen LogP contribution in [0.2, 0.25) is 0 Å². The number of halogens is 2. The second-order valence-electron chi connectivity index (χ2n) is 3.53. The fraction of sp³-hybridized carbons (Fsp3) is 0.417. The molecule has 0 amide bonds. The van der Waals surface area contributed by atoms with Crippen molar-refractivity contribution in [2.24, 2.45) is 0 Å². The Morgan fingerprint density at radius 2 is 2.07 bits per heavy atom. The lowest BCUT2D eigenvalue weighted by Gasteiger charge is -2.03. The molecule has 1 aromatic rings. The number of carbonyl (C=O) groups is 1. The van der Waals surface area contributed by atoms with Crippen molar-refractivity contribution in [1.82, 2.24) is 0 Å². The summed E-state index contributed by atoms with van der Waals surface area (Å²) in [7, 11) is 0. The van der Waals surface area contributed by atoms with Gasteiger partial charge in [0.1, 0.15) is 0 Å². The first-order chi connectivity index (χ1) is 7.15. The third kappa shape index (κ3) is 4.07. The van der Waals surface area contributed by atoms with Gasteiger partial charge in [-0.1, -0.05) is 37.9 Å². The van der Waals surface area contributed by atoms with Gasteiger partial charge >= 0.3 is 0 Å². The SMILES string of the molecule is Cc1cc(C(=O)CCCCBr)ccc1Br. The molecule has 0 aliphatic carbocycles. The Labute approximate surface area is 108 Å². The van der Waals surface area contributed by atoms with Crippen molar-refractivity contribution in [3.8, 4) is 0 Å². The fourth-order valence-electron chi connectivity index (χ4n) is 1.34. The van der Waals surface area contributed by atoms with Crippen LogP contribution in [0.1, 0.15) is 35.2 Å². The Morgan fingerprint density at radius 1 is 1.33 bits per heavy atom. The van der Waals surface area contributed by atoms with Crippen LogP contribution in [-0.2, 0) is 0 Å². The Bertz CT molecular complexity index is 347. The number of carbonyl (C=O) groups excluding carboxylic acids is 1. The number of benzene rings is 1. The molecule has 0 N–H and O–H groups in total. The van der Waals surface area contributed by atoms with Gasteiger partial charge in [-0.3, -0.25) is 4.79 Å². The molecular formula is C12H14Br2O. The molecule has 0 saturated carbocycles. The molecule has 82 valence electrons. The van der Waals surface area contributed by atoms with E-state index in [1.807, 2.05) is 25.1 Å². The Kier molecular flexibility index (Phi) is 5.54. The van der Waals surface area contributed by atoms with E-state index in [-0.39, 0.29) is 5.78 Å². The summed E-state index contributed by atoms with van der Waals surface area (Å²) in [6.07, 6.45) is 2.66. The van der Waals surface area contributed by atoms with E-state index in [2.05, 4.69) is 31.9 Å². The van der Waals surface area contributed by atoms with Gasteiger partial charge in [-0.2, -0.15) is 0 Å². The molecule has 0 saturated heterocycles. The van der Waals surface area contributed by atoms with Gasteiger partial charge in [0.05, 0.1) is 0 Å². The smallest absolute Gasteiger partial charge is 0.162 e. The van der Waals surface area contributed by atoms with E-state index in [4.69, 9.17) is 0 Å². The molecule has 1 nitrogen and oxygen atoms in total. The number of unbranched alkanes of at least 4 members (excludes halogenated alkanes) is 1. The number of ketones is 1. The molecular weight excluding hydrogens is 320 g/mol. The molecule has 3 heteroatoms. The monoisotopic (exact) mass is 332 g/mol. The van der Waals surface area contributed by atoms with Crippen molar-refractivity contribution in [3.63, 3.8) is 0 Å². The number of rotatable bonds is 5. The summed E-state index contributed by atoms with van der Waals surface area (Å²) in [6.45, 7) is 2.00. The number of Topliss-reactive ketones (excluding diaryl/α,β-unsaturated/α-hetero) is 1. The number of alkyl halides is 1. The van der Waals surface area contributed by atoms with Gasteiger partial charge in [0.15, 0.2) is 5.78 Å². The second-order valence-corrected chi connectivity index (χ2v) is 5.18. The largest absolute Gasteiger partial charge is 0.294 e. The molecule has 15 heavy (non-hydrogen) atoms. The maximum absolute atomic E-state index is 11.8. The number of hydrogen-bond acceptors (Lipinski definition) is 1. The number of aryl methyl sites for hydroxylation is 1. The van der Waals surface area contributed by atoms with Gasteiger partial charge in [-0.25, -0.2) is 0 Å². The average molecular weight is 334 g/mol. The van der Waals surface area contributed by atoms with Crippen LogP contribution in [0.15, 0.2) is 22.7 Å². The Balaban J connectivity index is 2.62. The van der Waals surface area contributed by atoms with Gasteiger partial charge < -0.3 is 0 Å². The predicted octanol–water partition coefficient (Wildman–Crippen LogP) is 4.51. The van der Waals surface area contributed by atoms with Gasteiger partial charge in [0.2, 0.25) is 0 Å². The molecule has 0 aliphatic heterocycles. The molecule has 0 aliphatic rings. The molecule has 0 fully saturated rings. The second kappa shape index (κ2) is 6.44. The van der Waals surface area contributed by atoms with Crippen molar-refractivity contribution in [3.05, 3.63) is 33.8 Å². The Hall–Kier alpha value is -0.150. The van der Waals surface area contributed by atoms with Crippen molar-refractivity contribution >= 4 is 37.6 Å². The summed E-state index contributed by atoms with van der Waals surface area (Å²) >= 11 is 6.78. The maximum Gasteiger partial charge on any atom is 0.162 e. The van der Waals surface area contributed by atoms with E-state index in [1.165, 1.54) is 0 Å². The zero-order valence-corrected chi connectivity index (χ0v) is 11.9. The van der Waals surface area contributed by atoms with Gasteiger partial charge in [-0.15, -0.1) is 0 Å². The van der Waals surface area contributed by atoms with Crippen LogP contribution in [0.4, 0.5) is 0 Å². The normalized spacial score (nSPS) is 10.3. The van der Waals surface area contributed by atoms with E-state index in [9.17, 15) is 4.79 Å². The van der Waals surface area contributed by atoms with Gasteiger partial charge in [0, 0.05) is 21.8 Å². The molecule has 0 radical (unpaired) electrons. The molecule has 1 rings (SSSR count). The maximum atomic E-state index is 11.8. The highest BCUT2D eigenvalue weighted by molar-refractivity contribution is 9.10. The molecule has 0 bridgehead atoms. The zero-order valence-electron chi connectivity index (χ0n) is 8.72. The average Bonchev–Trinajstić information content (AvgIpc) is 2.22. The highest BCUT2D eigenvalue weighted by Gasteiger charge is 2.06. The molecule has 1 aromatic carbocycles. The third-order valence-corrected chi connectivity index (χ3v) is 3.72. The minimum Gasteiger partial charge on any atom is -0.294 e. The summed E-state index contributed by atoms with van der Waals surface area (Å²) in [5, 5.41) is 0.972. The van der Waals surface area contributed by atoms with Crippen molar-refractivity contribution in [2.45, 2.75) is 26.2 Å². The molecule has 0 spiro atoms. The molecule has 0 heterocycles. The minimum absolute atomic E-state index is 0.242. The van der Waals surface area contributed by atoms with Crippen molar-refractivity contribution < 1.29 is 4.79 Å². The van der Waals surface area contributed by atoms with Crippen molar-refractivity contribution in [1.29, 1.82) is 0 Å². The minimum atomic E-state index is 0.242. The standard InChI is InChI=1S/C12H14Br2O/c1-9-8-10(5-6-11(9)14)12(15)4-2-3-7-13/h5-6,8H,2-4,7H2,1H3. The molecule has 0 unspecified atom stereocenters.